The molecule has 1 aliphatic heterocycles. The molecular formula is C21H20ClN3O. The number of halogens is 1. The second kappa shape index (κ2) is 7.04. The summed E-state index contributed by atoms with van der Waals surface area (Å²) in [6.07, 6.45) is 3.94. The molecule has 0 aliphatic carbocycles. The van der Waals surface area contributed by atoms with Gasteiger partial charge in [-0.25, -0.2) is 4.98 Å². The van der Waals surface area contributed by atoms with E-state index in [2.05, 4.69) is 16.9 Å². The van der Waals surface area contributed by atoms with Crippen molar-refractivity contribution in [3.8, 4) is 11.4 Å². The van der Waals surface area contributed by atoms with Gasteiger partial charge in [0.15, 0.2) is 0 Å². The van der Waals surface area contributed by atoms with Crippen molar-refractivity contribution in [3.05, 3.63) is 59.2 Å². The van der Waals surface area contributed by atoms with E-state index in [-0.39, 0.29) is 5.91 Å². The van der Waals surface area contributed by atoms with E-state index in [1.54, 1.807) is 12.3 Å². The zero-order valence-electron chi connectivity index (χ0n) is 14.7. The van der Waals surface area contributed by atoms with Crippen molar-refractivity contribution in [1.82, 2.24) is 14.9 Å². The van der Waals surface area contributed by atoms with E-state index in [9.17, 15) is 4.79 Å². The molecule has 3 heterocycles. The number of rotatable bonds is 2. The lowest BCUT2D eigenvalue weighted by atomic mass is 9.98. The Morgan fingerprint density at radius 3 is 2.85 bits per heavy atom. The summed E-state index contributed by atoms with van der Waals surface area (Å²) in [5, 5.41) is 1.33. The Morgan fingerprint density at radius 2 is 2.08 bits per heavy atom. The van der Waals surface area contributed by atoms with Crippen LogP contribution in [0.25, 0.3) is 22.3 Å². The van der Waals surface area contributed by atoms with E-state index in [0.717, 1.165) is 30.6 Å². The van der Waals surface area contributed by atoms with Gasteiger partial charge in [-0.3, -0.25) is 9.78 Å². The first kappa shape index (κ1) is 17.0. The Bertz CT molecular complexity index is 958. The van der Waals surface area contributed by atoms with Crippen LogP contribution in [0.15, 0.2) is 48.7 Å². The molecule has 2 aromatic heterocycles. The highest BCUT2D eigenvalue weighted by molar-refractivity contribution is 6.35. The van der Waals surface area contributed by atoms with Gasteiger partial charge < -0.3 is 4.90 Å². The minimum Gasteiger partial charge on any atom is -0.338 e. The number of piperidine rings is 1. The fraction of sp³-hybridized carbons (Fsp3) is 0.286. The third-order valence-corrected chi connectivity index (χ3v) is 5.20. The molecule has 4 nitrogen and oxygen atoms in total. The Balaban J connectivity index is 1.87. The number of hydrogen-bond donors (Lipinski definition) is 0. The summed E-state index contributed by atoms with van der Waals surface area (Å²) in [6, 6.07) is 13.1. The number of para-hydroxylation sites is 1. The van der Waals surface area contributed by atoms with Crippen molar-refractivity contribution in [2.24, 2.45) is 5.92 Å². The van der Waals surface area contributed by atoms with Gasteiger partial charge in [0, 0.05) is 24.7 Å². The lowest BCUT2D eigenvalue weighted by Crippen LogP contribution is -2.39. The van der Waals surface area contributed by atoms with Crippen molar-refractivity contribution in [1.29, 1.82) is 0 Å². The molecule has 0 unspecified atom stereocenters. The van der Waals surface area contributed by atoms with E-state index >= 15 is 0 Å². The fourth-order valence-corrected chi connectivity index (χ4v) is 3.80. The highest BCUT2D eigenvalue weighted by atomic mass is 35.5. The molecule has 0 N–H and O–H groups in total. The van der Waals surface area contributed by atoms with Gasteiger partial charge in [-0.1, -0.05) is 36.7 Å². The van der Waals surface area contributed by atoms with Crippen LogP contribution in [0.5, 0.6) is 0 Å². The molecule has 0 radical (unpaired) electrons. The van der Waals surface area contributed by atoms with Crippen molar-refractivity contribution >= 4 is 28.4 Å². The van der Waals surface area contributed by atoms with Crippen LogP contribution in [-0.4, -0.2) is 33.9 Å². The number of hydrogen-bond acceptors (Lipinski definition) is 3. The van der Waals surface area contributed by atoms with E-state index in [0.29, 0.717) is 27.7 Å². The van der Waals surface area contributed by atoms with Gasteiger partial charge >= 0.3 is 0 Å². The monoisotopic (exact) mass is 365 g/mol. The topological polar surface area (TPSA) is 46.1 Å². The van der Waals surface area contributed by atoms with Crippen LogP contribution in [-0.2, 0) is 0 Å². The molecule has 5 heteroatoms. The number of aromatic nitrogens is 2. The van der Waals surface area contributed by atoms with Gasteiger partial charge in [-0.2, -0.15) is 0 Å². The molecule has 4 rings (SSSR count). The summed E-state index contributed by atoms with van der Waals surface area (Å²) in [6.45, 7) is 3.79. The number of nitrogens with zero attached hydrogens (tertiary/aromatic N) is 3. The summed E-state index contributed by atoms with van der Waals surface area (Å²) in [7, 11) is 0. The number of likely N-dealkylation sites (tertiary alicyclic amines) is 1. The molecule has 1 saturated heterocycles. The lowest BCUT2D eigenvalue weighted by molar-refractivity contribution is 0.0685. The van der Waals surface area contributed by atoms with Crippen molar-refractivity contribution in [3.63, 3.8) is 0 Å². The van der Waals surface area contributed by atoms with Crippen LogP contribution in [0.2, 0.25) is 5.02 Å². The molecule has 1 atom stereocenters. The van der Waals surface area contributed by atoms with E-state index in [4.69, 9.17) is 11.6 Å². The molecule has 1 aliphatic rings. The van der Waals surface area contributed by atoms with Crippen LogP contribution in [0, 0.1) is 5.92 Å². The molecule has 26 heavy (non-hydrogen) atoms. The maximum atomic E-state index is 13.3. The first-order valence-electron chi connectivity index (χ1n) is 8.93. The zero-order valence-corrected chi connectivity index (χ0v) is 15.4. The Morgan fingerprint density at radius 1 is 1.19 bits per heavy atom. The average Bonchev–Trinajstić information content (AvgIpc) is 2.68. The van der Waals surface area contributed by atoms with Crippen LogP contribution in [0.1, 0.15) is 30.1 Å². The van der Waals surface area contributed by atoms with Gasteiger partial charge in [0.1, 0.15) is 0 Å². The van der Waals surface area contributed by atoms with Gasteiger partial charge in [0.25, 0.3) is 5.91 Å². The first-order chi connectivity index (χ1) is 12.6. The molecule has 0 saturated carbocycles. The predicted molar refractivity (Wildman–Crippen MR) is 104 cm³/mol. The van der Waals surface area contributed by atoms with Gasteiger partial charge in [-0.05, 0) is 43.0 Å². The fourth-order valence-electron chi connectivity index (χ4n) is 3.58. The SMILES string of the molecule is C[C@H]1CCCN(C(=O)c2cc(-c3ccccn3)nc3c(Cl)cccc23)C1. The van der Waals surface area contributed by atoms with E-state index in [1.165, 1.54) is 6.42 Å². The minimum atomic E-state index is 0.0448. The van der Waals surface area contributed by atoms with Crippen LogP contribution >= 0.6 is 11.6 Å². The Labute approximate surface area is 157 Å². The Hall–Kier alpha value is -2.46. The van der Waals surface area contributed by atoms with Crippen molar-refractivity contribution in [2.45, 2.75) is 19.8 Å². The number of benzene rings is 1. The van der Waals surface area contributed by atoms with Crippen molar-refractivity contribution in [2.75, 3.05) is 13.1 Å². The van der Waals surface area contributed by atoms with Gasteiger partial charge in [0.05, 0.1) is 27.5 Å². The third-order valence-electron chi connectivity index (χ3n) is 4.89. The lowest BCUT2D eigenvalue weighted by Gasteiger charge is -2.31. The van der Waals surface area contributed by atoms with Crippen LogP contribution in [0.3, 0.4) is 0 Å². The highest BCUT2D eigenvalue weighted by Gasteiger charge is 2.24. The standard InChI is InChI=1S/C21H20ClN3O/c1-14-6-5-11-25(13-14)21(26)16-12-19(18-9-2-3-10-23-18)24-20-15(16)7-4-8-17(20)22/h2-4,7-10,12,14H,5-6,11,13H2,1H3/t14-/m0/s1. The molecule has 0 spiro atoms. The van der Waals surface area contributed by atoms with Crippen molar-refractivity contribution < 1.29 is 4.79 Å². The molecule has 132 valence electrons. The Kier molecular flexibility index (Phi) is 4.60. The predicted octanol–water partition coefficient (Wildman–Crippen LogP) is 4.82. The summed E-state index contributed by atoms with van der Waals surface area (Å²) in [5.74, 6) is 0.572. The number of carbonyl (C=O) groups is 1. The number of carbonyl (C=O) groups excluding carboxylic acids is 1. The maximum absolute atomic E-state index is 13.3. The largest absolute Gasteiger partial charge is 0.338 e. The highest BCUT2D eigenvalue weighted by Crippen LogP contribution is 2.30. The summed E-state index contributed by atoms with van der Waals surface area (Å²) in [5.41, 5.74) is 2.69. The van der Waals surface area contributed by atoms with E-state index in [1.807, 2.05) is 41.3 Å². The average molecular weight is 366 g/mol. The molecular weight excluding hydrogens is 346 g/mol. The normalized spacial score (nSPS) is 17.5. The van der Waals surface area contributed by atoms with Gasteiger partial charge in [-0.15, -0.1) is 0 Å². The molecule has 1 amide bonds. The third kappa shape index (κ3) is 3.17. The quantitative estimate of drug-likeness (QED) is 0.653. The summed E-state index contributed by atoms with van der Waals surface area (Å²) >= 11 is 6.39. The number of amides is 1. The second-order valence-electron chi connectivity index (χ2n) is 6.90. The minimum absolute atomic E-state index is 0.0448. The molecule has 1 aromatic carbocycles. The summed E-state index contributed by atoms with van der Waals surface area (Å²) in [4.78, 5) is 24.3. The second-order valence-corrected chi connectivity index (χ2v) is 7.31. The number of fused-ring (bicyclic) bond motifs is 1. The van der Waals surface area contributed by atoms with Gasteiger partial charge in [0.2, 0.25) is 0 Å². The number of pyridine rings is 2. The zero-order chi connectivity index (χ0) is 18.1. The van der Waals surface area contributed by atoms with Crippen LogP contribution in [0.4, 0.5) is 0 Å². The maximum Gasteiger partial charge on any atom is 0.254 e. The molecule has 3 aromatic rings. The summed E-state index contributed by atoms with van der Waals surface area (Å²) < 4.78 is 0. The van der Waals surface area contributed by atoms with Crippen LogP contribution < -0.4 is 0 Å². The molecule has 1 fully saturated rings. The van der Waals surface area contributed by atoms with E-state index < -0.39 is 0 Å². The smallest absolute Gasteiger partial charge is 0.254 e. The first-order valence-corrected chi connectivity index (χ1v) is 9.31. The molecule has 0 bridgehead atoms.